The van der Waals surface area contributed by atoms with Crippen LogP contribution in [0.1, 0.15) is 33.4 Å². The highest BCUT2D eigenvalue weighted by atomic mass is 79.9. The van der Waals surface area contributed by atoms with Crippen LogP contribution in [0.5, 0.6) is 0 Å². The Kier molecular flexibility index (Phi) is 6.06. The lowest BCUT2D eigenvalue weighted by molar-refractivity contribution is 0.767. The van der Waals surface area contributed by atoms with Crippen molar-refractivity contribution in [2.24, 2.45) is 0 Å². The van der Waals surface area contributed by atoms with Gasteiger partial charge in [0.25, 0.3) is 0 Å². The smallest absolute Gasteiger partial charge is 0.0622 e. The van der Waals surface area contributed by atoms with Gasteiger partial charge in [0.15, 0.2) is 0 Å². The summed E-state index contributed by atoms with van der Waals surface area (Å²) in [5, 5.41) is 0. The number of halogens is 1. The average Bonchev–Trinajstić information content (AvgIpc) is 3.28. The van der Waals surface area contributed by atoms with Crippen molar-refractivity contribution in [1.29, 1.82) is 0 Å². The zero-order chi connectivity index (χ0) is 27.3. The molecule has 6 aromatic carbocycles. The number of benzene rings is 6. The first-order valence-electron chi connectivity index (χ1n) is 13.8. The highest BCUT2D eigenvalue weighted by Crippen LogP contribution is 2.58. The fourth-order valence-corrected chi connectivity index (χ4v) is 7.33. The van der Waals surface area contributed by atoms with E-state index in [1.807, 2.05) is 0 Å². The molecule has 0 fully saturated rings. The Labute approximate surface area is 245 Å². The first-order valence-corrected chi connectivity index (χ1v) is 14.6. The summed E-state index contributed by atoms with van der Waals surface area (Å²) in [6.45, 7) is 4.40. The number of fused-ring (bicyclic) bond motifs is 3. The zero-order valence-corrected chi connectivity index (χ0v) is 24.2. The summed E-state index contributed by atoms with van der Waals surface area (Å²) in [5.41, 5.74) is 14.8. The van der Waals surface area contributed by atoms with Crippen molar-refractivity contribution in [3.05, 3.63) is 177 Å². The van der Waals surface area contributed by atoms with E-state index in [1.165, 1.54) is 66.8 Å². The molecule has 0 amide bonds. The fourth-order valence-electron chi connectivity index (χ4n) is 6.54. The molecule has 40 heavy (non-hydrogen) atoms. The van der Waals surface area contributed by atoms with Gasteiger partial charge in [-0.15, -0.1) is 0 Å². The minimum atomic E-state index is -0.453. The van der Waals surface area contributed by atoms with Gasteiger partial charge >= 0.3 is 0 Å². The maximum absolute atomic E-state index is 3.98. The first-order chi connectivity index (χ1) is 19.6. The highest BCUT2D eigenvalue weighted by molar-refractivity contribution is 9.10. The van der Waals surface area contributed by atoms with Gasteiger partial charge in [0.2, 0.25) is 0 Å². The van der Waals surface area contributed by atoms with Crippen LogP contribution < -0.4 is 0 Å². The van der Waals surface area contributed by atoms with E-state index in [4.69, 9.17) is 0 Å². The second kappa shape index (κ2) is 9.77. The Morgan fingerprint density at radius 2 is 1.05 bits per heavy atom. The van der Waals surface area contributed by atoms with E-state index in [2.05, 4.69) is 169 Å². The van der Waals surface area contributed by atoms with Gasteiger partial charge in [0, 0.05) is 10.0 Å². The number of hydrogen-bond donors (Lipinski definition) is 0. The molecule has 1 heteroatoms. The summed E-state index contributed by atoms with van der Waals surface area (Å²) in [7, 11) is 0. The van der Waals surface area contributed by atoms with Gasteiger partial charge in [0.1, 0.15) is 0 Å². The van der Waals surface area contributed by atoms with Gasteiger partial charge in [0.05, 0.1) is 5.41 Å². The molecule has 0 spiro atoms. The molecule has 0 saturated heterocycles. The van der Waals surface area contributed by atoms with Crippen LogP contribution in [-0.4, -0.2) is 0 Å². The monoisotopic (exact) mass is 576 g/mol. The van der Waals surface area contributed by atoms with Gasteiger partial charge in [-0.05, 0) is 81.6 Å². The Bertz CT molecular complexity index is 1850. The lowest BCUT2D eigenvalue weighted by atomic mass is 9.67. The SMILES string of the molecule is Cc1ccc2c(c1)C(c1ccc(-c3ccccc3)cc1)(c1cccc(-c3ccccc3)c1)c1cc(C)cc(Br)c1-2. The van der Waals surface area contributed by atoms with Crippen molar-refractivity contribution >= 4 is 15.9 Å². The number of rotatable bonds is 4. The minimum absolute atomic E-state index is 0.453. The molecule has 0 bridgehead atoms. The third-order valence-electron chi connectivity index (χ3n) is 8.31. The van der Waals surface area contributed by atoms with E-state index in [9.17, 15) is 0 Å². The third-order valence-corrected chi connectivity index (χ3v) is 8.94. The Hall–Kier alpha value is -4.20. The van der Waals surface area contributed by atoms with Crippen molar-refractivity contribution in [3.8, 4) is 33.4 Å². The summed E-state index contributed by atoms with van der Waals surface area (Å²) < 4.78 is 1.15. The van der Waals surface area contributed by atoms with Crippen molar-refractivity contribution in [3.63, 3.8) is 0 Å². The van der Waals surface area contributed by atoms with Gasteiger partial charge in [-0.1, -0.05) is 149 Å². The van der Waals surface area contributed by atoms with E-state index in [0.717, 1.165) is 4.47 Å². The van der Waals surface area contributed by atoms with Crippen molar-refractivity contribution in [1.82, 2.24) is 0 Å². The van der Waals surface area contributed by atoms with Crippen LogP contribution in [0.2, 0.25) is 0 Å². The predicted molar refractivity (Wildman–Crippen MR) is 172 cm³/mol. The number of aryl methyl sites for hydroxylation is 2. The van der Waals surface area contributed by atoms with Crippen LogP contribution in [0.25, 0.3) is 33.4 Å². The zero-order valence-electron chi connectivity index (χ0n) is 22.7. The van der Waals surface area contributed by atoms with Crippen LogP contribution in [0.3, 0.4) is 0 Å². The summed E-state index contributed by atoms with van der Waals surface area (Å²) in [6, 6.07) is 51.3. The van der Waals surface area contributed by atoms with Crippen molar-refractivity contribution in [2.75, 3.05) is 0 Å². The van der Waals surface area contributed by atoms with Gasteiger partial charge in [-0.25, -0.2) is 0 Å². The molecule has 0 radical (unpaired) electrons. The molecule has 1 atom stereocenters. The molecule has 6 aromatic rings. The molecule has 1 unspecified atom stereocenters. The minimum Gasteiger partial charge on any atom is -0.0622 e. The number of hydrogen-bond acceptors (Lipinski definition) is 0. The second-order valence-corrected chi connectivity index (χ2v) is 11.7. The average molecular weight is 578 g/mol. The maximum atomic E-state index is 3.98. The van der Waals surface area contributed by atoms with Gasteiger partial charge in [-0.3, -0.25) is 0 Å². The Balaban J connectivity index is 1.56. The molecule has 1 aliphatic carbocycles. The summed E-state index contributed by atoms with van der Waals surface area (Å²) >= 11 is 3.98. The molecule has 192 valence electrons. The summed E-state index contributed by atoms with van der Waals surface area (Å²) in [4.78, 5) is 0. The van der Waals surface area contributed by atoms with E-state index in [0.29, 0.717) is 0 Å². The second-order valence-electron chi connectivity index (χ2n) is 10.9. The van der Waals surface area contributed by atoms with Crippen LogP contribution >= 0.6 is 15.9 Å². The first kappa shape index (κ1) is 24.8. The van der Waals surface area contributed by atoms with Crippen LogP contribution in [0, 0.1) is 13.8 Å². The van der Waals surface area contributed by atoms with Crippen molar-refractivity contribution in [2.45, 2.75) is 19.3 Å². The molecule has 0 nitrogen and oxygen atoms in total. The van der Waals surface area contributed by atoms with Crippen LogP contribution in [0.4, 0.5) is 0 Å². The van der Waals surface area contributed by atoms with E-state index < -0.39 is 5.41 Å². The fraction of sp³-hybridized carbons (Fsp3) is 0.0769. The Morgan fingerprint density at radius 3 is 1.75 bits per heavy atom. The molecule has 0 N–H and O–H groups in total. The lowest BCUT2D eigenvalue weighted by Gasteiger charge is -2.35. The standard InChI is InChI=1S/C39H29Br/c1-26-16-21-34-35(22-26)39(36-23-27(2)24-37(40)38(34)36,32-19-17-30(18-20-32)28-10-5-3-6-11-28)33-15-9-14-31(25-33)29-12-7-4-8-13-29/h3-25H,1-2H3. The maximum Gasteiger partial charge on any atom is 0.0714 e. The summed E-state index contributed by atoms with van der Waals surface area (Å²) in [6.07, 6.45) is 0. The molecule has 0 aliphatic heterocycles. The van der Waals surface area contributed by atoms with Gasteiger partial charge in [-0.2, -0.15) is 0 Å². The molecule has 1 aliphatic rings. The quantitative estimate of drug-likeness (QED) is 0.195. The van der Waals surface area contributed by atoms with Crippen LogP contribution in [0.15, 0.2) is 144 Å². The molecule has 0 saturated carbocycles. The largest absolute Gasteiger partial charge is 0.0714 e. The normalized spacial score (nSPS) is 15.5. The van der Waals surface area contributed by atoms with Gasteiger partial charge < -0.3 is 0 Å². The van der Waals surface area contributed by atoms with Crippen molar-refractivity contribution < 1.29 is 0 Å². The summed E-state index contributed by atoms with van der Waals surface area (Å²) in [5.74, 6) is 0. The van der Waals surface area contributed by atoms with E-state index in [1.54, 1.807) is 0 Å². The van der Waals surface area contributed by atoms with E-state index in [-0.39, 0.29) is 0 Å². The highest BCUT2D eigenvalue weighted by Gasteiger charge is 2.47. The Morgan fingerprint density at radius 1 is 0.450 bits per heavy atom. The molecular weight excluding hydrogens is 548 g/mol. The van der Waals surface area contributed by atoms with E-state index >= 15 is 0 Å². The predicted octanol–water partition coefficient (Wildman–Crippen LogP) is 10.8. The molecular formula is C39H29Br. The third kappa shape index (κ3) is 3.88. The molecule has 7 rings (SSSR count). The van der Waals surface area contributed by atoms with Crippen LogP contribution in [-0.2, 0) is 5.41 Å². The molecule has 0 aromatic heterocycles. The molecule has 0 heterocycles. The lowest BCUT2D eigenvalue weighted by Crippen LogP contribution is -2.29. The topological polar surface area (TPSA) is 0 Å².